The molecule has 0 spiro atoms. The van der Waals surface area contributed by atoms with Crippen molar-refractivity contribution in [3.63, 3.8) is 0 Å². The second kappa shape index (κ2) is 7.53. The molecule has 1 saturated carbocycles. The largest absolute Gasteiger partial charge is 0.285 e. The number of hydrogen-bond acceptors (Lipinski definition) is 5. The van der Waals surface area contributed by atoms with E-state index in [9.17, 15) is 13.2 Å². The number of primary sulfonamides is 1. The number of thiazole rings is 1. The molecule has 2 aromatic carbocycles. The van der Waals surface area contributed by atoms with Gasteiger partial charge in [-0.1, -0.05) is 47.2 Å². The van der Waals surface area contributed by atoms with E-state index < -0.39 is 10.0 Å². The number of nitrogens with zero attached hydrogens (tertiary/aromatic N) is 2. The van der Waals surface area contributed by atoms with Crippen LogP contribution < -0.4 is 10.0 Å². The van der Waals surface area contributed by atoms with Gasteiger partial charge in [-0.3, -0.25) is 9.69 Å². The van der Waals surface area contributed by atoms with Crippen molar-refractivity contribution in [2.45, 2.75) is 30.7 Å². The van der Waals surface area contributed by atoms with Crippen LogP contribution in [-0.2, 0) is 14.8 Å². The van der Waals surface area contributed by atoms with Crippen molar-refractivity contribution in [3.8, 4) is 21.7 Å². The highest BCUT2D eigenvalue weighted by Crippen LogP contribution is 2.43. The van der Waals surface area contributed by atoms with E-state index in [0.717, 1.165) is 34.5 Å². The van der Waals surface area contributed by atoms with Crippen molar-refractivity contribution in [3.05, 3.63) is 53.6 Å². The summed E-state index contributed by atoms with van der Waals surface area (Å²) in [5.74, 6) is -0.0416. The third-order valence-corrected chi connectivity index (χ3v) is 6.92. The van der Waals surface area contributed by atoms with Crippen LogP contribution in [-0.4, -0.2) is 25.4 Å². The molecule has 150 valence electrons. The number of anilines is 1. The van der Waals surface area contributed by atoms with Crippen LogP contribution >= 0.6 is 22.9 Å². The molecular weight excluding hydrogens is 430 g/mol. The van der Waals surface area contributed by atoms with Gasteiger partial charge in [0.15, 0.2) is 5.13 Å². The third kappa shape index (κ3) is 4.20. The third-order valence-electron chi connectivity index (χ3n) is 4.64. The van der Waals surface area contributed by atoms with Gasteiger partial charge in [-0.15, -0.1) is 0 Å². The first-order valence-electron chi connectivity index (χ1n) is 8.94. The first-order chi connectivity index (χ1) is 13.7. The first kappa shape index (κ1) is 20.0. The van der Waals surface area contributed by atoms with E-state index in [1.54, 1.807) is 36.1 Å². The van der Waals surface area contributed by atoms with Crippen LogP contribution in [0, 0.1) is 0 Å². The van der Waals surface area contributed by atoms with Crippen molar-refractivity contribution in [1.29, 1.82) is 0 Å². The number of rotatable bonds is 5. The fourth-order valence-electron chi connectivity index (χ4n) is 3.09. The van der Waals surface area contributed by atoms with Gasteiger partial charge in [-0.25, -0.2) is 18.5 Å². The van der Waals surface area contributed by atoms with Gasteiger partial charge in [0.25, 0.3) is 0 Å². The minimum atomic E-state index is -3.77. The van der Waals surface area contributed by atoms with Gasteiger partial charge in [0.2, 0.25) is 15.9 Å². The Morgan fingerprint density at radius 2 is 1.69 bits per heavy atom. The number of carbonyl (C=O) groups excluding carboxylic acids is 1. The zero-order valence-electron chi connectivity index (χ0n) is 15.5. The Balaban J connectivity index is 1.84. The van der Waals surface area contributed by atoms with Gasteiger partial charge in [-0.05, 0) is 42.7 Å². The number of aromatic nitrogens is 1. The Labute approximate surface area is 178 Å². The molecule has 0 saturated heterocycles. The van der Waals surface area contributed by atoms with Crippen LogP contribution in [0.4, 0.5) is 5.13 Å². The maximum atomic E-state index is 12.2. The van der Waals surface area contributed by atoms with Crippen LogP contribution in [0.1, 0.15) is 19.8 Å². The number of benzene rings is 2. The number of carbonyl (C=O) groups is 1. The maximum Gasteiger partial charge on any atom is 0.238 e. The summed E-state index contributed by atoms with van der Waals surface area (Å²) in [5.41, 5.74) is 2.38. The summed E-state index contributed by atoms with van der Waals surface area (Å²) < 4.78 is 23.1. The Morgan fingerprint density at radius 3 is 2.21 bits per heavy atom. The highest BCUT2D eigenvalue weighted by atomic mass is 35.5. The standard InChI is InChI=1S/C20H18ClN3O3S2/c1-12(25)24(16-8-9-16)20-23-18(13-2-6-15(21)7-3-13)19(28-20)14-4-10-17(11-5-14)29(22,26)27/h2-7,10-11,16H,8-9H2,1H3,(H2,22,26,27). The molecule has 3 aromatic rings. The highest BCUT2D eigenvalue weighted by molar-refractivity contribution is 7.89. The molecule has 1 amide bonds. The van der Waals surface area contributed by atoms with Gasteiger partial charge in [0.1, 0.15) is 0 Å². The lowest BCUT2D eigenvalue weighted by Crippen LogP contribution is -2.30. The summed E-state index contributed by atoms with van der Waals surface area (Å²) in [6, 6.07) is 13.8. The molecule has 29 heavy (non-hydrogen) atoms. The Morgan fingerprint density at radius 1 is 1.10 bits per heavy atom. The normalized spacial score (nSPS) is 14.0. The molecule has 0 atom stereocenters. The average molecular weight is 448 g/mol. The van der Waals surface area contributed by atoms with Crippen LogP contribution in [0.3, 0.4) is 0 Å². The van der Waals surface area contributed by atoms with E-state index in [2.05, 4.69) is 0 Å². The molecular formula is C20H18ClN3O3S2. The van der Waals surface area contributed by atoms with Crippen molar-refractivity contribution in [1.82, 2.24) is 4.98 Å². The molecule has 6 nitrogen and oxygen atoms in total. The minimum Gasteiger partial charge on any atom is -0.285 e. The monoisotopic (exact) mass is 447 g/mol. The second-order valence-electron chi connectivity index (χ2n) is 6.87. The quantitative estimate of drug-likeness (QED) is 0.631. The molecule has 1 heterocycles. The summed E-state index contributed by atoms with van der Waals surface area (Å²) in [6.45, 7) is 1.54. The Kier molecular flexibility index (Phi) is 5.20. The van der Waals surface area contributed by atoms with Crippen molar-refractivity contribution >= 4 is 44.0 Å². The number of sulfonamides is 1. The van der Waals surface area contributed by atoms with Gasteiger partial charge in [0.05, 0.1) is 15.5 Å². The Bertz CT molecular complexity index is 1170. The molecule has 0 radical (unpaired) electrons. The molecule has 4 rings (SSSR count). The van der Waals surface area contributed by atoms with E-state index in [0.29, 0.717) is 10.2 Å². The van der Waals surface area contributed by atoms with Crippen LogP contribution in [0.25, 0.3) is 21.7 Å². The fraction of sp³-hybridized carbons (Fsp3) is 0.200. The molecule has 1 aliphatic rings. The lowest BCUT2D eigenvalue weighted by molar-refractivity contribution is -0.116. The first-order valence-corrected chi connectivity index (χ1v) is 11.7. The molecule has 0 bridgehead atoms. The summed E-state index contributed by atoms with van der Waals surface area (Å²) >= 11 is 7.43. The molecule has 1 aliphatic carbocycles. The van der Waals surface area contributed by atoms with E-state index in [-0.39, 0.29) is 16.8 Å². The summed E-state index contributed by atoms with van der Waals surface area (Å²) in [4.78, 5) is 19.6. The topological polar surface area (TPSA) is 93.4 Å². The van der Waals surface area contributed by atoms with Gasteiger partial charge < -0.3 is 0 Å². The van der Waals surface area contributed by atoms with E-state index in [1.165, 1.54) is 23.5 Å². The SMILES string of the molecule is CC(=O)N(c1nc(-c2ccc(Cl)cc2)c(-c2ccc(S(N)(=O)=O)cc2)s1)C1CC1. The number of amides is 1. The van der Waals surface area contributed by atoms with Crippen LogP contribution in [0.2, 0.25) is 5.02 Å². The highest BCUT2D eigenvalue weighted by Gasteiger charge is 2.34. The van der Waals surface area contributed by atoms with Gasteiger partial charge in [0, 0.05) is 23.6 Å². The molecule has 0 unspecified atom stereocenters. The lowest BCUT2D eigenvalue weighted by atomic mass is 10.1. The zero-order valence-corrected chi connectivity index (χ0v) is 17.9. The molecule has 0 aliphatic heterocycles. The van der Waals surface area contributed by atoms with E-state index in [1.807, 2.05) is 12.1 Å². The lowest BCUT2D eigenvalue weighted by Gasteiger charge is -2.16. The molecule has 1 fully saturated rings. The molecule has 1 aromatic heterocycles. The Hall–Kier alpha value is -2.26. The van der Waals surface area contributed by atoms with E-state index >= 15 is 0 Å². The molecule has 9 heteroatoms. The summed E-state index contributed by atoms with van der Waals surface area (Å²) in [5, 5.41) is 6.46. The summed E-state index contributed by atoms with van der Waals surface area (Å²) in [7, 11) is -3.77. The minimum absolute atomic E-state index is 0.0416. The van der Waals surface area contributed by atoms with Gasteiger partial charge in [-0.2, -0.15) is 0 Å². The number of hydrogen-bond donors (Lipinski definition) is 1. The average Bonchev–Trinajstić information content (AvgIpc) is 3.40. The van der Waals surface area contributed by atoms with Crippen LogP contribution in [0.5, 0.6) is 0 Å². The fourth-order valence-corrected chi connectivity index (χ4v) is 4.94. The van der Waals surface area contributed by atoms with E-state index in [4.69, 9.17) is 21.7 Å². The van der Waals surface area contributed by atoms with Gasteiger partial charge >= 0.3 is 0 Å². The molecule has 2 N–H and O–H groups in total. The van der Waals surface area contributed by atoms with Crippen LogP contribution in [0.15, 0.2) is 53.4 Å². The van der Waals surface area contributed by atoms with Crippen molar-refractivity contribution < 1.29 is 13.2 Å². The second-order valence-corrected chi connectivity index (χ2v) is 9.85. The summed E-state index contributed by atoms with van der Waals surface area (Å²) in [6.07, 6.45) is 1.93. The van der Waals surface area contributed by atoms with Crippen molar-refractivity contribution in [2.24, 2.45) is 5.14 Å². The predicted molar refractivity (Wildman–Crippen MR) is 116 cm³/mol. The maximum absolute atomic E-state index is 12.2. The zero-order chi connectivity index (χ0) is 20.8. The number of nitrogens with two attached hydrogens (primary N) is 1. The number of halogens is 1. The predicted octanol–water partition coefficient (Wildman–Crippen LogP) is 4.29. The van der Waals surface area contributed by atoms with Crippen molar-refractivity contribution in [2.75, 3.05) is 4.90 Å². The smallest absolute Gasteiger partial charge is 0.238 e.